The number of aldehydes is 2. The van der Waals surface area contributed by atoms with E-state index in [1.165, 1.54) is 28.1 Å². The Morgan fingerprint density at radius 3 is 1.09 bits per heavy atom. The maximum absolute atomic E-state index is 10.9. The van der Waals surface area contributed by atoms with E-state index in [4.69, 9.17) is 0 Å². The minimum atomic E-state index is 0.685. The summed E-state index contributed by atoms with van der Waals surface area (Å²) in [6, 6.07) is 15.2. The summed E-state index contributed by atoms with van der Waals surface area (Å²) in [4.78, 5) is 26.8. The molecular weight excluding hydrogens is 477 g/mol. The van der Waals surface area contributed by atoms with Gasteiger partial charge in [0.1, 0.15) is 12.6 Å². The van der Waals surface area contributed by atoms with Crippen LogP contribution in [-0.2, 0) is 0 Å². The van der Waals surface area contributed by atoms with Gasteiger partial charge < -0.3 is 9.13 Å². The van der Waals surface area contributed by atoms with Crippen molar-refractivity contribution in [3.8, 4) is 11.4 Å². The first kappa shape index (κ1) is 20.1. The van der Waals surface area contributed by atoms with Crippen molar-refractivity contribution in [2.45, 2.75) is 19.6 Å². The van der Waals surface area contributed by atoms with Gasteiger partial charge in [-0.2, -0.15) is 0 Å². The number of rotatable bonds is 4. The number of benzene rings is 2. The zero-order valence-electron chi connectivity index (χ0n) is 16.4. The Hall–Kier alpha value is -2.52. The Bertz CT molecular complexity index is 1240. The van der Waals surface area contributed by atoms with E-state index in [0.29, 0.717) is 11.1 Å². The van der Waals surface area contributed by atoms with Crippen LogP contribution in [0.1, 0.15) is 20.7 Å². The van der Waals surface area contributed by atoms with E-state index in [9.17, 15) is 9.59 Å². The minimum absolute atomic E-state index is 0.685. The molecular formula is C24H14N2O2S4. The van der Waals surface area contributed by atoms with Gasteiger partial charge >= 0.3 is 0 Å². The third-order valence-electron chi connectivity index (χ3n) is 5.14. The SMILES string of the molecule is O=Cc1ccc(-n2cc3c(c2)SC(=C2Sc4cn(-c5ccc(C=O)cc5)cc4S2)S3)cc1. The Morgan fingerprint density at radius 2 is 0.812 bits per heavy atom. The van der Waals surface area contributed by atoms with Crippen LogP contribution in [-0.4, -0.2) is 21.7 Å². The van der Waals surface area contributed by atoms with Crippen LogP contribution in [0.5, 0.6) is 0 Å². The Kier molecular flexibility index (Phi) is 5.10. The normalized spacial score (nSPS) is 14.5. The van der Waals surface area contributed by atoms with E-state index in [1.54, 1.807) is 0 Å². The zero-order chi connectivity index (χ0) is 21.7. The molecule has 2 aliphatic heterocycles. The number of fused-ring (bicyclic) bond motifs is 2. The summed E-state index contributed by atoms with van der Waals surface area (Å²) >= 11 is 7.28. The topological polar surface area (TPSA) is 44.0 Å². The average Bonchev–Trinajstić information content (AvgIpc) is 3.58. The van der Waals surface area contributed by atoms with E-state index in [2.05, 4.69) is 33.9 Å². The fourth-order valence-corrected chi connectivity index (χ4v) is 8.82. The van der Waals surface area contributed by atoms with Crippen molar-refractivity contribution in [3.05, 3.63) is 92.9 Å². The van der Waals surface area contributed by atoms with Crippen LogP contribution in [0.15, 0.2) is 101 Å². The molecule has 4 nitrogen and oxygen atoms in total. The lowest BCUT2D eigenvalue weighted by Gasteiger charge is -2.06. The number of carbonyl (C=O) groups is 2. The summed E-state index contributed by atoms with van der Waals surface area (Å²) in [7, 11) is 0. The van der Waals surface area contributed by atoms with Gasteiger partial charge in [0, 0.05) is 66.9 Å². The number of thioether (sulfide) groups is 4. The molecule has 0 saturated heterocycles. The molecule has 0 unspecified atom stereocenters. The van der Waals surface area contributed by atoms with Crippen molar-refractivity contribution < 1.29 is 9.59 Å². The van der Waals surface area contributed by atoms with Gasteiger partial charge in [-0.1, -0.05) is 47.0 Å². The number of carbonyl (C=O) groups excluding carboxylic acids is 2. The second-order valence-corrected chi connectivity index (χ2v) is 11.9. The van der Waals surface area contributed by atoms with Gasteiger partial charge in [-0.05, 0) is 48.5 Å². The fraction of sp³-hybridized carbons (Fsp3) is 0. The maximum atomic E-state index is 10.9. The van der Waals surface area contributed by atoms with Crippen molar-refractivity contribution >= 4 is 59.6 Å². The quantitative estimate of drug-likeness (QED) is 0.284. The molecule has 8 heteroatoms. The molecule has 0 saturated carbocycles. The summed E-state index contributed by atoms with van der Waals surface area (Å²) < 4.78 is 6.88. The molecule has 2 aromatic heterocycles. The zero-order valence-corrected chi connectivity index (χ0v) is 19.7. The van der Waals surface area contributed by atoms with E-state index < -0.39 is 0 Å². The molecule has 2 aromatic carbocycles. The summed E-state index contributed by atoms with van der Waals surface area (Å²) in [5, 5.41) is 0. The van der Waals surface area contributed by atoms with Crippen molar-refractivity contribution in [2.24, 2.45) is 0 Å². The van der Waals surface area contributed by atoms with E-state index in [-0.39, 0.29) is 0 Å². The van der Waals surface area contributed by atoms with Crippen LogP contribution < -0.4 is 0 Å². The largest absolute Gasteiger partial charge is 0.322 e. The van der Waals surface area contributed by atoms with E-state index in [0.717, 1.165) is 23.9 Å². The number of hydrogen-bond acceptors (Lipinski definition) is 6. The molecule has 4 aromatic rings. The highest BCUT2D eigenvalue weighted by molar-refractivity contribution is 8.30. The third kappa shape index (κ3) is 3.57. The first-order valence-electron chi connectivity index (χ1n) is 9.71. The van der Waals surface area contributed by atoms with Crippen LogP contribution in [0.25, 0.3) is 11.4 Å². The van der Waals surface area contributed by atoms with Crippen molar-refractivity contribution in [1.82, 2.24) is 9.13 Å². The molecule has 0 aliphatic carbocycles. The first-order valence-corrected chi connectivity index (χ1v) is 13.0. The van der Waals surface area contributed by atoms with Gasteiger partial charge in [0.25, 0.3) is 0 Å². The van der Waals surface area contributed by atoms with Gasteiger partial charge in [0.05, 0.1) is 8.47 Å². The molecule has 0 atom stereocenters. The van der Waals surface area contributed by atoms with E-state index >= 15 is 0 Å². The van der Waals surface area contributed by atoms with Crippen LogP contribution in [0.3, 0.4) is 0 Å². The highest BCUT2D eigenvalue weighted by atomic mass is 32.2. The summed E-state index contributed by atoms with van der Waals surface area (Å²) in [5.41, 5.74) is 3.47. The summed E-state index contributed by atoms with van der Waals surface area (Å²) in [5.74, 6) is 0. The number of nitrogens with zero attached hydrogens (tertiary/aromatic N) is 2. The second-order valence-electron chi connectivity index (χ2n) is 7.19. The van der Waals surface area contributed by atoms with Gasteiger partial charge in [-0.25, -0.2) is 0 Å². The maximum Gasteiger partial charge on any atom is 0.150 e. The lowest BCUT2D eigenvalue weighted by atomic mass is 10.2. The van der Waals surface area contributed by atoms with Crippen molar-refractivity contribution in [3.63, 3.8) is 0 Å². The molecule has 0 spiro atoms. The second kappa shape index (κ2) is 8.12. The predicted molar refractivity (Wildman–Crippen MR) is 133 cm³/mol. The summed E-state index contributed by atoms with van der Waals surface area (Å²) in [6.45, 7) is 0. The monoisotopic (exact) mass is 490 g/mol. The Balaban J connectivity index is 1.19. The molecule has 2 aliphatic rings. The Morgan fingerprint density at radius 1 is 0.500 bits per heavy atom. The molecule has 0 bridgehead atoms. The predicted octanol–water partition coefficient (Wildman–Crippen LogP) is 7.12. The van der Waals surface area contributed by atoms with E-state index in [1.807, 2.05) is 95.6 Å². The average molecular weight is 491 g/mol. The molecule has 0 N–H and O–H groups in total. The molecule has 0 radical (unpaired) electrons. The third-order valence-corrected chi connectivity index (χ3v) is 10.7. The highest BCUT2D eigenvalue weighted by Gasteiger charge is 2.29. The Labute approximate surface area is 201 Å². The minimum Gasteiger partial charge on any atom is -0.322 e. The molecule has 6 rings (SSSR count). The van der Waals surface area contributed by atoms with Gasteiger partial charge in [0.15, 0.2) is 0 Å². The molecule has 32 heavy (non-hydrogen) atoms. The first-order chi connectivity index (χ1) is 15.7. The lowest BCUT2D eigenvalue weighted by molar-refractivity contribution is 0.111. The van der Waals surface area contributed by atoms with Crippen molar-refractivity contribution in [2.75, 3.05) is 0 Å². The highest BCUT2D eigenvalue weighted by Crippen LogP contribution is 2.61. The molecule has 4 heterocycles. The van der Waals surface area contributed by atoms with Gasteiger partial charge in [-0.3, -0.25) is 9.59 Å². The van der Waals surface area contributed by atoms with Crippen LogP contribution in [0.2, 0.25) is 0 Å². The number of hydrogen-bond donors (Lipinski definition) is 0. The van der Waals surface area contributed by atoms with Crippen molar-refractivity contribution in [1.29, 1.82) is 0 Å². The smallest absolute Gasteiger partial charge is 0.150 e. The molecule has 0 fully saturated rings. The lowest BCUT2D eigenvalue weighted by Crippen LogP contribution is -1.90. The molecule has 156 valence electrons. The van der Waals surface area contributed by atoms with Crippen LogP contribution in [0.4, 0.5) is 0 Å². The fourth-order valence-electron chi connectivity index (χ4n) is 3.50. The summed E-state index contributed by atoms with van der Waals surface area (Å²) in [6.07, 6.45) is 10.4. The van der Waals surface area contributed by atoms with Crippen LogP contribution in [0, 0.1) is 0 Å². The van der Waals surface area contributed by atoms with Gasteiger partial charge in [0.2, 0.25) is 0 Å². The standard InChI is InChI=1S/C24H14N2O2S4/c27-13-15-1-5-17(6-2-15)25-9-19-20(10-25)30-23(29-19)24-31-21-11-26(12-22(21)32-24)18-7-3-16(14-28)4-8-18/h1-14H. The van der Waals surface area contributed by atoms with Crippen LogP contribution >= 0.6 is 47.0 Å². The van der Waals surface area contributed by atoms with Gasteiger partial charge in [-0.15, -0.1) is 0 Å². The molecule has 0 amide bonds. The number of aromatic nitrogens is 2.